The summed E-state index contributed by atoms with van der Waals surface area (Å²) in [5.41, 5.74) is 0.790. The van der Waals surface area contributed by atoms with Crippen LogP contribution < -0.4 is 0 Å². The van der Waals surface area contributed by atoms with Gasteiger partial charge in [-0.25, -0.2) is 4.79 Å². The topological polar surface area (TPSA) is 47.9 Å². The molecule has 0 atom stereocenters. The quantitative estimate of drug-likeness (QED) is 0.595. The maximum absolute atomic E-state index is 10.1. The molecule has 0 spiro atoms. The van der Waals surface area contributed by atoms with Gasteiger partial charge < -0.3 is 9.47 Å². The van der Waals surface area contributed by atoms with Gasteiger partial charge in [-0.1, -0.05) is 12.1 Å². The molecule has 0 unspecified atom stereocenters. The van der Waals surface area contributed by atoms with Crippen molar-refractivity contribution in [3.63, 3.8) is 0 Å². The van der Waals surface area contributed by atoms with Crippen molar-refractivity contribution in [1.82, 2.24) is 0 Å². The molecule has 0 saturated carbocycles. The summed E-state index contributed by atoms with van der Waals surface area (Å²) in [5, 5.41) is 0. The number of ether oxygens (including phenoxy) is 2. The molecule has 1 fully saturated rings. The molecule has 0 radical (unpaired) electrons. The van der Waals surface area contributed by atoms with Crippen molar-refractivity contribution in [3.05, 3.63) is 29.8 Å². The van der Waals surface area contributed by atoms with Crippen LogP contribution in [0.2, 0.25) is 0 Å². The van der Waals surface area contributed by atoms with Crippen LogP contribution in [0, 0.1) is 0 Å². The van der Waals surface area contributed by atoms with Crippen LogP contribution in [0.25, 0.3) is 0 Å². The molecule has 0 aromatic heterocycles. The second-order valence-corrected chi connectivity index (χ2v) is 5.38. The second-order valence-electron chi connectivity index (χ2n) is 5.38. The maximum Gasteiger partial charge on any atom is 0.240 e. The number of aliphatic imine (C=N–C) groups is 1. The lowest BCUT2D eigenvalue weighted by Gasteiger charge is -2.30. The first kappa shape index (κ1) is 13.0. The number of carbonyl (C=O) groups excluding carboxylic acids is 1. The van der Waals surface area contributed by atoms with Gasteiger partial charge in [-0.3, -0.25) is 0 Å². The summed E-state index contributed by atoms with van der Waals surface area (Å²) < 4.78 is 11.8. The van der Waals surface area contributed by atoms with Crippen molar-refractivity contribution in [2.24, 2.45) is 4.99 Å². The fourth-order valence-electron chi connectivity index (χ4n) is 1.74. The van der Waals surface area contributed by atoms with E-state index in [2.05, 4.69) is 4.99 Å². The molecular formula is C14H17NO3. The van der Waals surface area contributed by atoms with Gasteiger partial charge in [0, 0.05) is 5.56 Å². The summed E-state index contributed by atoms with van der Waals surface area (Å²) in [6.07, 6.45) is 1.13. The lowest BCUT2D eigenvalue weighted by Crippen LogP contribution is -2.41. The van der Waals surface area contributed by atoms with E-state index in [1.54, 1.807) is 12.1 Å². The van der Waals surface area contributed by atoms with Gasteiger partial charge in [0.1, 0.15) is 0 Å². The van der Waals surface area contributed by atoms with Crippen molar-refractivity contribution in [2.75, 3.05) is 0 Å². The molecule has 96 valence electrons. The standard InChI is InChI=1S/C14H17NO3/c1-13(2)14(3,4)18-12(17-13)10-5-7-11(8-6-10)15-9-16/h5-8,12H,1-4H3. The molecule has 4 nitrogen and oxygen atoms in total. The van der Waals surface area contributed by atoms with E-state index in [1.807, 2.05) is 39.8 Å². The minimum absolute atomic E-state index is 0.350. The molecule has 0 bridgehead atoms. The molecule has 0 amide bonds. The van der Waals surface area contributed by atoms with E-state index >= 15 is 0 Å². The van der Waals surface area contributed by atoms with E-state index in [-0.39, 0.29) is 17.5 Å². The van der Waals surface area contributed by atoms with Crippen LogP contribution in [0.5, 0.6) is 0 Å². The summed E-state index contributed by atoms with van der Waals surface area (Å²) in [6, 6.07) is 7.17. The molecule has 4 heteroatoms. The lowest BCUT2D eigenvalue weighted by atomic mass is 9.90. The molecule has 2 rings (SSSR count). The van der Waals surface area contributed by atoms with Crippen LogP contribution in [0.15, 0.2) is 29.3 Å². The monoisotopic (exact) mass is 247 g/mol. The second kappa shape index (κ2) is 4.32. The maximum atomic E-state index is 10.1. The SMILES string of the molecule is CC1(C)OC(c2ccc(N=C=O)cc2)OC1(C)C. The third-order valence-corrected chi connectivity index (χ3v) is 3.59. The van der Waals surface area contributed by atoms with Crippen LogP contribution >= 0.6 is 0 Å². The lowest BCUT2D eigenvalue weighted by molar-refractivity contribution is -0.0895. The zero-order valence-electron chi connectivity index (χ0n) is 11.1. The van der Waals surface area contributed by atoms with Crippen molar-refractivity contribution >= 4 is 11.8 Å². The van der Waals surface area contributed by atoms with E-state index in [9.17, 15) is 4.79 Å². The fourth-order valence-corrected chi connectivity index (χ4v) is 1.74. The van der Waals surface area contributed by atoms with E-state index in [0.29, 0.717) is 5.69 Å². The third kappa shape index (κ3) is 2.23. The van der Waals surface area contributed by atoms with E-state index < -0.39 is 0 Å². The van der Waals surface area contributed by atoms with Crippen molar-refractivity contribution in [2.45, 2.75) is 45.2 Å². The van der Waals surface area contributed by atoms with Gasteiger partial charge in [0.05, 0.1) is 16.9 Å². The van der Waals surface area contributed by atoms with Crippen molar-refractivity contribution < 1.29 is 14.3 Å². The van der Waals surface area contributed by atoms with Gasteiger partial charge in [0.2, 0.25) is 6.08 Å². The molecule has 1 aromatic carbocycles. The summed E-state index contributed by atoms with van der Waals surface area (Å²) >= 11 is 0. The van der Waals surface area contributed by atoms with Crippen LogP contribution in [0.4, 0.5) is 5.69 Å². The molecule has 1 aliphatic rings. The van der Waals surface area contributed by atoms with Gasteiger partial charge in [-0.2, -0.15) is 4.99 Å². The molecule has 18 heavy (non-hydrogen) atoms. The van der Waals surface area contributed by atoms with Crippen LogP contribution in [0.3, 0.4) is 0 Å². The number of benzene rings is 1. The summed E-state index contributed by atoms with van der Waals surface area (Å²) in [4.78, 5) is 13.7. The van der Waals surface area contributed by atoms with E-state index in [0.717, 1.165) is 5.56 Å². The van der Waals surface area contributed by atoms with Gasteiger partial charge in [0.15, 0.2) is 6.29 Å². The highest BCUT2D eigenvalue weighted by Crippen LogP contribution is 2.44. The first-order valence-corrected chi connectivity index (χ1v) is 5.89. The van der Waals surface area contributed by atoms with Crippen molar-refractivity contribution in [3.8, 4) is 0 Å². The molecule has 1 saturated heterocycles. The summed E-state index contributed by atoms with van der Waals surface area (Å²) in [7, 11) is 0. The predicted molar refractivity (Wildman–Crippen MR) is 67.3 cm³/mol. The zero-order chi connectivity index (χ0) is 13.4. The van der Waals surface area contributed by atoms with Gasteiger partial charge in [-0.15, -0.1) is 0 Å². The van der Waals surface area contributed by atoms with Crippen LogP contribution in [0.1, 0.15) is 39.5 Å². The molecule has 1 heterocycles. The van der Waals surface area contributed by atoms with E-state index in [4.69, 9.17) is 9.47 Å². The van der Waals surface area contributed by atoms with Gasteiger partial charge in [-0.05, 0) is 39.8 Å². The Labute approximate surface area is 107 Å². The zero-order valence-corrected chi connectivity index (χ0v) is 11.1. The summed E-state index contributed by atoms with van der Waals surface area (Å²) in [5.74, 6) is 0. The molecular weight excluding hydrogens is 230 g/mol. The Kier molecular flexibility index (Phi) is 3.11. The average Bonchev–Trinajstić information content (AvgIpc) is 2.50. The molecule has 0 aliphatic carbocycles. The van der Waals surface area contributed by atoms with E-state index in [1.165, 1.54) is 6.08 Å². The summed E-state index contributed by atoms with van der Waals surface area (Å²) in [6.45, 7) is 8.05. The number of rotatable bonds is 2. The molecule has 0 N–H and O–H groups in total. The first-order chi connectivity index (χ1) is 8.36. The van der Waals surface area contributed by atoms with Crippen LogP contribution in [-0.4, -0.2) is 17.3 Å². The Morgan fingerprint density at radius 3 is 2.00 bits per heavy atom. The minimum Gasteiger partial charge on any atom is -0.339 e. The highest BCUT2D eigenvalue weighted by molar-refractivity contribution is 5.49. The Bertz CT molecular complexity index is 468. The van der Waals surface area contributed by atoms with Crippen molar-refractivity contribution in [1.29, 1.82) is 0 Å². The highest BCUT2D eigenvalue weighted by atomic mass is 16.7. The number of nitrogens with zero attached hydrogens (tertiary/aromatic N) is 1. The van der Waals surface area contributed by atoms with Gasteiger partial charge in [0.25, 0.3) is 0 Å². The fraction of sp³-hybridized carbons (Fsp3) is 0.500. The first-order valence-electron chi connectivity index (χ1n) is 5.89. The largest absolute Gasteiger partial charge is 0.339 e. The molecule has 1 aliphatic heterocycles. The smallest absolute Gasteiger partial charge is 0.240 e. The van der Waals surface area contributed by atoms with Gasteiger partial charge >= 0.3 is 0 Å². The Morgan fingerprint density at radius 1 is 1.06 bits per heavy atom. The average molecular weight is 247 g/mol. The Balaban J connectivity index is 2.22. The highest BCUT2D eigenvalue weighted by Gasteiger charge is 2.49. The third-order valence-electron chi connectivity index (χ3n) is 3.59. The number of hydrogen-bond donors (Lipinski definition) is 0. The Hall–Kier alpha value is -1.48. The normalized spacial score (nSPS) is 21.6. The predicted octanol–water partition coefficient (Wildman–Crippen LogP) is 3.26. The molecule has 1 aromatic rings. The minimum atomic E-state index is -0.385. The number of hydrogen-bond acceptors (Lipinski definition) is 4. The number of isocyanates is 1. The Morgan fingerprint density at radius 2 is 1.56 bits per heavy atom. The van der Waals surface area contributed by atoms with Crippen LogP contribution in [-0.2, 0) is 14.3 Å².